The van der Waals surface area contributed by atoms with E-state index in [4.69, 9.17) is 26.5 Å². The van der Waals surface area contributed by atoms with Gasteiger partial charge in [0.25, 0.3) is 0 Å². The second-order valence-corrected chi connectivity index (χ2v) is 52.6. The SMILES string of the molecule is CC(C)(C)c1cc(-c2cc(C(C)(C)C)cc([Si](C)(C)C)c2Op2oc3c([Si](C)(C)C)cc(C(C)(C)C)cc3c3cc(C(C)(C)C)cc([Si](C)(C)C)c3o2)c(OP2OC(=O)c3cc(Br)cc(Br)c3O2)c([Si](C)(C)C)c1. The molecular formula is C59H82Br2O7P2Si4. The lowest BCUT2D eigenvalue weighted by atomic mass is 9.83. The van der Waals surface area contributed by atoms with Crippen LogP contribution in [0.25, 0.3) is 33.1 Å². The molecule has 5 aromatic carbocycles. The molecular weight excluding hydrogens is 1150 g/mol. The van der Waals surface area contributed by atoms with Gasteiger partial charge in [-0.25, -0.2) is 4.79 Å². The lowest BCUT2D eigenvalue weighted by molar-refractivity contribution is 0.0697. The molecule has 1 aliphatic rings. The number of halogens is 2. The van der Waals surface area contributed by atoms with E-state index in [0.717, 1.165) is 59.2 Å². The number of rotatable bonds is 9. The molecule has 0 saturated carbocycles. The van der Waals surface area contributed by atoms with E-state index in [-0.39, 0.29) is 21.7 Å². The summed E-state index contributed by atoms with van der Waals surface area (Å²) in [5.74, 6) is 1.23. The van der Waals surface area contributed by atoms with Crippen molar-refractivity contribution < 1.29 is 31.3 Å². The highest BCUT2D eigenvalue weighted by molar-refractivity contribution is 9.11. The van der Waals surface area contributed by atoms with Gasteiger partial charge in [0.1, 0.15) is 28.2 Å². The van der Waals surface area contributed by atoms with E-state index in [1.54, 1.807) is 6.07 Å². The summed E-state index contributed by atoms with van der Waals surface area (Å²) in [7, 11) is -13.2. The summed E-state index contributed by atoms with van der Waals surface area (Å²) in [4.78, 5) is 13.9. The zero-order valence-corrected chi connectivity index (χ0v) is 57.7. The first-order valence-corrected chi connectivity index (χ1v) is 43.7. The van der Waals surface area contributed by atoms with Crippen molar-refractivity contribution in [2.24, 2.45) is 0 Å². The third-order valence-electron chi connectivity index (χ3n) is 13.8. The Morgan fingerprint density at radius 2 is 0.784 bits per heavy atom. The van der Waals surface area contributed by atoms with Crippen LogP contribution >= 0.6 is 48.7 Å². The molecule has 0 N–H and O–H groups in total. The van der Waals surface area contributed by atoms with E-state index in [0.29, 0.717) is 21.5 Å². The second-order valence-electron chi connectivity index (χ2n) is 28.6. The van der Waals surface area contributed by atoms with Crippen LogP contribution in [0.1, 0.15) is 116 Å². The lowest BCUT2D eigenvalue weighted by Crippen LogP contribution is -2.40. The van der Waals surface area contributed by atoms with Crippen LogP contribution in [-0.4, -0.2) is 38.3 Å². The van der Waals surface area contributed by atoms with Crippen molar-refractivity contribution in [3.05, 3.63) is 97.4 Å². The first-order chi connectivity index (χ1) is 33.4. The van der Waals surface area contributed by atoms with Gasteiger partial charge in [-0.1, -0.05) is 202 Å². The molecule has 1 atom stereocenters. The van der Waals surface area contributed by atoms with Gasteiger partial charge in [0.05, 0.1) is 36.8 Å². The second kappa shape index (κ2) is 19.8. The molecule has 7 rings (SSSR count). The summed E-state index contributed by atoms with van der Waals surface area (Å²) in [6.45, 7) is 56.0. The molecule has 1 aromatic heterocycles. The van der Waals surface area contributed by atoms with Gasteiger partial charge in [-0.3, -0.25) is 0 Å². The molecule has 0 fully saturated rings. The summed E-state index contributed by atoms with van der Waals surface area (Å²) >= 11 is 7.20. The van der Waals surface area contributed by atoms with Crippen molar-refractivity contribution >= 4 is 130 Å². The molecule has 1 aliphatic heterocycles. The molecule has 6 aromatic rings. The van der Waals surface area contributed by atoms with Crippen molar-refractivity contribution in [2.75, 3.05) is 0 Å². The number of hydrogen-bond donors (Lipinski definition) is 0. The fraction of sp³-hybridized carbons (Fsp3) is 0.475. The van der Waals surface area contributed by atoms with E-state index >= 15 is 0 Å². The Balaban J connectivity index is 1.68. The molecule has 2 heterocycles. The van der Waals surface area contributed by atoms with E-state index in [9.17, 15) is 4.79 Å². The van der Waals surface area contributed by atoms with Crippen LogP contribution in [0, 0.1) is 0 Å². The number of hydrogen-bond acceptors (Lipinski definition) is 7. The molecule has 0 bridgehead atoms. The topological polar surface area (TPSA) is 80.3 Å². The minimum atomic E-state index is -2.29. The summed E-state index contributed by atoms with van der Waals surface area (Å²) in [5, 5.41) is 6.86. The van der Waals surface area contributed by atoms with Crippen molar-refractivity contribution in [3.63, 3.8) is 0 Å². The molecule has 0 spiro atoms. The van der Waals surface area contributed by atoms with E-state index in [1.165, 1.54) is 27.1 Å². The third kappa shape index (κ3) is 12.4. The molecule has 7 nitrogen and oxygen atoms in total. The Kier molecular flexibility index (Phi) is 15.7. The largest absolute Gasteiger partial charge is 0.532 e. The minimum Gasteiger partial charge on any atom is -0.408 e. The van der Waals surface area contributed by atoms with Gasteiger partial charge < -0.3 is 26.5 Å². The molecule has 0 saturated heterocycles. The first kappa shape index (κ1) is 58.8. The molecule has 15 heteroatoms. The predicted molar refractivity (Wildman–Crippen MR) is 336 cm³/mol. The molecule has 0 amide bonds. The Hall–Kier alpha value is -2.87. The van der Waals surface area contributed by atoms with Crippen LogP contribution in [0.4, 0.5) is 0 Å². The van der Waals surface area contributed by atoms with Crippen molar-refractivity contribution in [1.29, 1.82) is 0 Å². The maximum atomic E-state index is 13.9. The van der Waals surface area contributed by atoms with Gasteiger partial charge in [-0.2, -0.15) is 0 Å². The van der Waals surface area contributed by atoms with E-state index in [2.05, 4.69) is 242 Å². The molecule has 74 heavy (non-hydrogen) atoms. The summed E-state index contributed by atoms with van der Waals surface area (Å²) < 4.78 is 44.1. The van der Waals surface area contributed by atoms with E-state index in [1.807, 2.05) is 6.07 Å². The zero-order chi connectivity index (χ0) is 55.6. The van der Waals surface area contributed by atoms with Gasteiger partial charge in [-0.15, -0.1) is 0 Å². The predicted octanol–water partition coefficient (Wildman–Crippen LogP) is 18.5. The Morgan fingerprint density at radius 1 is 0.432 bits per heavy atom. The number of fused-ring (bicyclic) bond motifs is 4. The van der Waals surface area contributed by atoms with Gasteiger partial charge >= 0.3 is 22.8 Å². The van der Waals surface area contributed by atoms with E-state index < -0.39 is 55.1 Å². The number of carbonyl (C=O) groups is 1. The highest BCUT2D eigenvalue weighted by Gasteiger charge is 2.40. The molecule has 400 valence electrons. The van der Waals surface area contributed by atoms with Crippen LogP contribution in [-0.2, 0) is 26.2 Å². The maximum absolute atomic E-state index is 13.9. The van der Waals surface area contributed by atoms with Crippen LogP contribution in [0.5, 0.6) is 17.2 Å². The monoisotopic (exact) mass is 1230 g/mol. The van der Waals surface area contributed by atoms with Crippen LogP contribution in [0.3, 0.4) is 0 Å². The average Bonchev–Trinajstić information content (AvgIpc) is 3.36. The molecule has 0 aliphatic carbocycles. The molecule has 1 unspecified atom stereocenters. The smallest absolute Gasteiger partial charge is 0.408 e. The van der Waals surface area contributed by atoms with Gasteiger partial charge in [0.15, 0.2) is 5.75 Å². The number of benzene rings is 5. The normalized spacial score (nSPS) is 15.3. The first-order valence-electron chi connectivity index (χ1n) is 25.9. The quantitative estimate of drug-likeness (QED) is 0.105. The van der Waals surface area contributed by atoms with Crippen LogP contribution in [0.15, 0.2) is 78.0 Å². The Bertz CT molecular complexity index is 3160. The minimum absolute atomic E-state index is 0.118. The van der Waals surface area contributed by atoms with Crippen molar-refractivity contribution in [1.82, 2.24) is 0 Å². The highest BCUT2D eigenvalue weighted by Crippen LogP contribution is 2.54. The van der Waals surface area contributed by atoms with Crippen molar-refractivity contribution in [3.8, 4) is 28.4 Å². The third-order valence-corrected chi connectivity index (χ3v) is 24.8. The van der Waals surface area contributed by atoms with Gasteiger partial charge in [-0.05, 0) is 117 Å². The highest BCUT2D eigenvalue weighted by atomic mass is 79.9. The average molecular weight is 1240 g/mol. The Labute approximate surface area is 466 Å². The zero-order valence-electron chi connectivity index (χ0n) is 48.8. The number of carbonyl (C=O) groups excluding carboxylic acids is 1. The summed E-state index contributed by atoms with van der Waals surface area (Å²) in [5.41, 5.74) is 7.91. The van der Waals surface area contributed by atoms with Crippen LogP contribution < -0.4 is 34.3 Å². The standard InChI is InChI=1S/C59H82Br2O7P2Si4/c1-56(2,3)35-25-40-41-26-36(57(4,5)6)30-47(72(16,17)18)52(41)65-69(64-51(40)46(29-35)71(13,14)15)66-53-42(27-37(58(7,8)9)31-48(53)73(19,20)21)43-28-38(59(10,11)12)32-49(74(22,23)24)54(43)67-70-63-50-44(55(62)68-70)33-39(60)34-45(50)61/h25-34H,1-24H3. The maximum Gasteiger partial charge on any atom is 0.532 e. The lowest BCUT2D eigenvalue weighted by Gasteiger charge is -2.32. The molecule has 0 radical (unpaired) electrons. The summed E-state index contributed by atoms with van der Waals surface area (Å²) in [6.07, 6.45) is 0. The van der Waals surface area contributed by atoms with Gasteiger partial charge in [0.2, 0.25) is 0 Å². The van der Waals surface area contributed by atoms with Crippen molar-refractivity contribution in [2.45, 2.75) is 183 Å². The summed E-state index contributed by atoms with van der Waals surface area (Å²) in [6, 6.07) is 22.4. The van der Waals surface area contributed by atoms with Crippen LogP contribution in [0.2, 0.25) is 78.6 Å². The fourth-order valence-corrected chi connectivity index (χ4v) is 18.9. The Morgan fingerprint density at radius 3 is 1.15 bits per heavy atom. The fourth-order valence-electron chi connectivity index (χ4n) is 9.08. The van der Waals surface area contributed by atoms with Gasteiger partial charge in [0, 0.05) is 26.4 Å².